The number of hydrogen-bond acceptors (Lipinski definition) is 12. The van der Waals surface area contributed by atoms with Crippen molar-refractivity contribution in [1.29, 1.82) is 0 Å². The van der Waals surface area contributed by atoms with Crippen molar-refractivity contribution >= 4 is 51.7 Å². The van der Waals surface area contributed by atoms with Gasteiger partial charge in [0.15, 0.2) is 0 Å². The number of nitrogens with zero attached hydrogens (tertiary/aromatic N) is 8. The van der Waals surface area contributed by atoms with Crippen LogP contribution in [0, 0.1) is 34.9 Å². The summed E-state index contributed by atoms with van der Waals surface area (Å²) in [5.74, 6) is -0.853. The molecule has 0 saturated carbocycles. The molecule has 24 heteroatoms. The number of likely N-dealkylation sites (tertiary alicyclic amines) is 1. The number of anilines is 1. The maximum absolute atomic E-state index is 16.9. The molecule has 4 amide bonds. The summed E-state index contributed by atoms with van der Waals surface area (Å²) in [7, 11) is 4.86. The number of nitrogens with one attached hydrogen (secondary N) is 2. The fraction of sp³-hybridized carbons (Fsp3) is 0.577. The van der Waals surface area contributed by atoms with E-state index in [1.54, 1.807) is 32.3 Å². The zero-order valence-electron chi connectivity index (χ0n) is 43.6. The van der Waals surface area contributed by atoms with Crippen LogP contribution >= 0.6 is 11.3 Å². The number of likely N-dealkylation sites (N-methyl/N-ethyl adjacent to an activating group) is 2. The van der Waals surface area contributed by atoms with Gasteiger partial charge in [-0.15, -0.1) is 11.3 Å². The van der Waals surface area contributed by atoms with Gasteiger partial charge in [-0.25, -0.2) is 19.6 Å². The van der Waals surface area contributed by atoms with Crippen LogP contribution in [0.4, 0.5) is 41.2 Å². The summed E-state index contributed by atoms with van der Waals surface area (Å²) >= 11 is 1.06. The molecule has 3 saturated heterocycles. The van der Waals surface area contributed by atoms with Crippen LogP contribution in [0.25, 0.3) is 33.4 Å². The number of urea groups is 1. The number of hydrazine groups is 1. The topological polar surface area (TPSA) is 158 Å². The van der Waals surface area contributed by atoms with E-state index in [1.807, 2.05) is 27.0 Å². The third-order valence-electron chi connectivity index (χ3n) is 14.4. The molecule has 3 aromatic heterocycles. The molecule has 0 spiro atoms. The molecule has 4 aliphatic heterocycles. The van der Waals surface area contributed by atoms with Crippen LogP contribution in [0.5, 0.6) is 0 Å². The Balaban J connectivity index is 1.22. The third kappa shape index (κ3) is 12.5. The fourth-order valence-corrected chi connectivity index (χ4v) is 11.2. The van der Waals surface area contributed by atoms with Gasteiger partial charge in [-0.05, 0) is 62.9 Å². The number of piperazine rings is 1. The Morgan fingerprint density at radius 1 is 1.04 bits per heavy atom. The van der Waals surface area contributed by atoms with Crippen molar-refractivity contribution in [2.75, 3.05) is 78.5 Å². The van der Waals surface area contributed by atoms with Gasteiger partial charge in [0.2, 0.25) is 5.91 Å². The van der Waals surface area contributed by atoms with E-state index in [2.05, 4.69) is 26.5 Å². The van der Waals surface area contributed by atoms with Gasteiger partial charge in [0.25, 0.3) is 5.91 Å². The third-order valence-corrected chi connectivity index (χ3v) is 15.2. The lowest BCUT2D eigenvalue weighted by Crippen LogP contribution is -2.63. The second-order valence-electron chi connectivity index (χ2n) is 21.3. The van der Waals surface area contributed by atoms with Gasteiger partial charge in [0.1, 0.15) is 30.5 Å². The first kappa shape index (κ1) is 56.2. The highest BCUT2D eigenvalue weighted by Crippen LogP contribution is 2.45. The lowest BCUT2D eigenvalue weighted by atomic mass is 9.84. The summed E-state index contributed by atoms with van der Waals surface area (Å²) in [6.07, 6.45) is -8.03. The van der Waals surface area contributed by atoms with E-state index >= 15 is 17.6 Å². The number of thiazole rings is 1. The van der Waals surface area contributed by atoms with Crippen molar-refractivity contribution in [3.05, 3.63) is 51.9 Å². The molecule has 7 heterocycles. The van der Waals surface area contributed by atoms with Crippen LogP contribution in [-0.4, -0.2) is 162 Å². The zero-order valence-corrected chi connectivity index (χ0v) is 44.4. The van der Waals surface area contributed by atoms with E-state index in [1.165, 1.54) is 36.1 Å². The smallest absolute Gasteiger partial charge is 0.457 e. The maximum atomic E-state index is 16.9. The summed E-state index contributed by atoms with van der Waals surface area (Å²) in [4.78, 5) is 73.0. The Morgan fingerprint density at radius 3 is 2.41 bits per heavy atom. The summed E-state index contributed by atoms with van der Waals surface area (Å²) < 4.78 is 113. The lowest BCUT2D eigenvalue weighted by Gasteiger charge is -2.41. The summed E-state index contributed by atoms with van der Waals surface area (Å²) in [5.41, 5.74) is 4.01. The number of fused-ring (bicyclic) bond motifs is 6. The molecular formula is C52H63F7N10O6S. The number of halogens is 7. The average Bonchev–Trinajstić information content (AvgIpc) is 3.91. The summed E-state index contributed by atoms with van der Waals surface area (Å²) in [6, 6.07) is 0.166. The second-order valence-corrected chi connectivity index (χ2v) is 22.2. The molecule has 0 radical (unpaired) electrons. The van der Waals surface area contributed by atoms with E-state index in [9.17, 15) is 32.3 Å². The van der Waals surface area contributed by atoms with Gasteiger partial charge in [-0.3, -0.25) is 24.4 Å². The highest BCUT2D eigenvalue weighted by molar-refractivity contribution is 7.10. The Kier molecular flexibility index (Phi) is 16.4. The molecule has 4 aliphatic rings. The number of ether oxygens (including phenoxy) is 2. The normalized spacial score (nSPS) is 20.9. The first-order valence-corrected chi connectivity index (χ1v) is 26.1. The number of benzene rings is 1. The van der Waals surface area contributed by atoms with Crippen molar-refractivity contribution in [1.82, 2.24) is 45.0 Å². The van der Waals surface area contributed by atoms with Crippen molar-refractivity contribution in [3.63, 3.8) is 0 Å². The lowest BCUT2D eigenvalue weighted by molar-refractivity contribution is -0.155. The van der Waals surface area contributed by atoms with E-state index in [4.69, 9.17) is 19.4 Å². The number of hydrogen-bond donors (Lipinski definition) is 2. The highest BCUT2D eigenvalue weighted by Gasteiger charge is 2.42. The molecule has 0 aliphatic carbocycles. The molecular weight excluding hydrogens is 1030 g/mol. The fourth-order valence-electron chi connectivity index (χ4n) is 10.3. The number of cyclic esters (lactones) is 1. The Labute approximate surface area is 440 Å². The van der Waals surface area contributed by atoms with Crippen molar-refractivity contribution in [2.45, 2.75) is 103 Å². The Morgan fingerprint density at radius 2 is 1.75 bits per heavy atom. The minimum Gasteiger partial charge on any atom is -0.464 e. The number of carbonyl (C=O) groups is 4. The quantitative estimate of drug-likeness (QED) is 0.0992. The Bertz CT molecular complexity index is 2900. The van der Waals surface area contributed by atoms with Gasteiger partial charge in [0.05, 0.1) is 58.1 Å². The molecule has 76 heavy (non-hydrogen) atoms. The summed E-state index contributed by atoms with van der Waals surface area (Å²) in [5, 5.41) is 6.14. The largest absolute Gasteiger partial charge is 0.464 e. The number of carbonyl (C=O) groups excluding carboxylic acids is 4. The van der Waals surface area contributed by atoms with Crippen LogP contribution in [-0.2, 0) is 43.2 Å². The number of alkyl halides is 6. The number of aromatic nitrogens is 3. The van der Waals surface area contributed by atoms with Crippen molar-refractivity contribution < 1.29 is 59.4 Å². The standard InChI is InChI=1S/C52H63F7N10O6S/c1-29(2)44(65(7)49(73)67-24-31(25-67)11-12-51(54,55)56)46(70)62-39-21-42-61-40(26-76-42)34-19-33-36(22-50(4,5)28-75-48(72)38-10-9-13-69(63-38)47(39)71)45(68(27-52(57,58)59)41(33)20-37(34)53)35-18-32(23-60-43(35)30(3)74-8)66-16-14-64(6)15-17-66/h18-20,23,26,29-31,38-39,44,63H,9-10,13-17,21-22,24-25,27-28H2,1-8H3,(H,62,70)/t30-,38-,39-,44-/m0/s1. The van der Waals surface area contributed by atoms with E-state index in [-0.39, 0.29) is 78.4 Å². The van der Waals surface area contributed by atoms with E-state index in [0.29, 0.717) is 42.0 Å². The molecule has 2 N–H and O–H groups in total. The molecule has 4 aromatic rings. The predicted octanol–water partition coefficient (Wildman–Crippen LogP) is 7.21. The number of esters is 1. The highest BCUT2D eigenvalue weighted by atomic mass is 32.1. The molecule has 6 bridgehead atoms. The molecule has 8 rings (SSSR count). The molecule has 1 aromatic carbocycles. The summed E-state index contributed by atoms with van der Waals surface area (Å²) in [6.45, 7) is 9.77. The number of rotatable bonds is 9. The number of methoxy groups -OCH3 is 1. The average molecular weight is 1090 g/mol. The monoisotopic (exact) mass is 1090 g/mol. The minimum atomic E-state index is -4.77. The van der Waals surface area contributed by atoms with Gasteiger partial charge < -0.3 is 39.0 Å². The minimum absolute atomic E-state index is 0.0430. The van der Waals surface area contributed by atoms with Crippen LogP contribution < -0.4 is 15.6 Å². The van der Waals surface area contributed by atoms with Crippen LogP contribution in [0.1, 0.15) is 69.8 Å². The van der Waals surface area contributed by atoms with E-state index in [0.717, 1.165) is 40.0 Å². The zero-order chi connectivity index (χ0) is 55.2. The molecule has 16 nitrogen and oxygen atoms in total. The molecule has 3 fully saturated rings. The maximum Gasteiger partial charge on any atom is 0.457 e. The first-order chi connectivity index (χ1) is 35.7. The number of pyridine rings is 1. The Hall–Kier alpha value is -6.03. The van der Waals surface area contributed by atoms with Crippen molar-refractivity contribution in [3.8, 4) is 34.4 Å². The molecule has 0 unspecified atom stereocenters. The molecule has 412 valence electrons. The van der Waals surface area contributed by atoms with Crippen LogP contribution in [0.3, 0.4) is 0 Å². The van der Waals surface area contributed by atoms with E-state index < -0.39 is 90.0 Å². The van der Waals surface area contributed by atoms with Crippen LogP contribution in [0.2, 0.25) is 0 Å². The van der Waals surface area contributed by atoms with Gasteiger partial charge in [-0.1, -0.05) is 33.6 Å². The predicted molar refractivity (Wildman–Crippen MR) is 270 cm³/mol. The SMILES string of the molecule is CO[C@@H](C)c1ncc(N2CCN(C)CC2)cc1-c1c2c3cc(c(F)cc3n1CC(F)(F)F)-c1csc(n1)C[C@H](NC(=O)[C@H](C(C)C)N(C)C(=O)N1CC(C#CC(F)(F)F)C1)C(=O)N1CCC[C@H](N1)C(=O)OCC(C)(C)C2. The van der Waals surface area contributed by atoms with Gasteiger partial charge in [-0.2, -0.15) is 26.3 Å². The second kappa shape index (κ2) is 22.1. The first-order valence-electron chi connectivity index (χ1n) is 25.2. The van der Waals surface area contributed by atoms with Crippen LogP contribution in [0.15, 0.2) is 29.8 Å². The van der Waals surface area contributed by atoms with Gasteiger partial charge >= 0.3 is 24.4 Å². The van der Waals surface area contributed by atoms with Crippen molar-refractivity contribution in [2.24, 2.45) is 17.3 Å². The van der Waals surface area contributed by atoms with Gasteiger partial charge in [0, 0.05) is 99.6 Å². The molecule has 4 atom stereocenters. The number of amides is 4.